The van der Waals surface area contributed by atoms with Crippen molar-refractivity contribution in [3.8, 4) is 22.6 Å². The van der Waals surface area contributed by atoms with Gasteiger partial charge in [-0.15, -0.1) is 0 Å². The maximum Gasteiger partial charge on any atom is 0.432 e. The van der Waals surface area contributed by atoms with Crippen LogP contribution in [0.5, 0.6) is 0 Å². The first kappa shape index (κ1) is 14.8. The lowest BCUT2D eigenvalue weighted by Gasteiger charge is -2.06. The Morgan fingerprint density at radius 2 is 1.24 bits per heavy atom. The Morgan fingerprint density at radius 3 is 1.81 bits per heavy atom. The lowest BCUT2D eigenvalue weighted by Crippen LogP contribution is -1.92. The molecule has 104 valence electrons. The molecule has 0 unspecified atom stereocenters. The Kier molecular flexibility index (Phi) is 5.57. The van der Waals surface area contributed by atoms with Crippen molar-refractivity contribution in [2.24, 2.45) is 0 Å². The SMILES string of the molecule is OBO.c1ccc(-c2cccnc2-c2ccccn2)nc1. The molecule has 3 rings (SSSR count). The Morgan fingerprint density at radius 1 is 0.667 bits per heavy atom. The van der Waals surface area contributed by atoms with Crippen molar-refractivity contribution in [2.75, 3.05) is 0 Å². The van der Waals surface area contributed by atoms with Gasteiger partial charge in [0.05, 0.1) is 17.1 Å². The number of rotatable bonds is 2. The summed E-state index contributed by atoms with van der Waals surface area (Å²) in [5.41, 5.74) is 3.62. The molecule has 3 heterocycles. The minimum atomic E-state index is -0.750. The van der Waals surface area contributed by atoms with Gasteiger partial charge < -0.3 is 10.0 Å². The molecule has 0 aromatic carbocycles. The highest BCUT2D eigenvalue weighted by Crippen LogP contribution is 2.26. The van der Waals surface area contributed by atoms with Crippen LogP contribution in [0.3, 0.4) is 0 Å². The molecule has 2 N–H and O–H groups in total. The van der Waals surface area contributed by atoms with Gasteiger partial charge in [-0.3, -0.25) is 15.0 Å². The van der Waals surface area contributed by atoms with Gasteiger partial charge in [-0.1, -0.05) is 12.1 Å². The number of hydrogen-bond acceptors (Lipinski definition) is 5. The van der Waals surface area contributed by atoms with Crippen LogP contribution in [0.25, 0.3) is 22.6 Å². The van der Waals surface area contributed by atoms with Crippen LogP contribution in [0.1, 0.15) is 0 Å². The maximum absolute atomic E-state index is 7.12. The first-order chi connectivity index (χ1) is 10.4. The molecule has 3 aromatic rings. The second-order valence-electron chi connectivity index (χ2n) is 3.97. The second-order valence-corrected chi connectivity index (χ2v) is 3.97. The summed E-state index contributed by atoms with van der Waals surface area (Å²) in [6.07, 6.45) is 5.33. The van der Waals surface area contributed by atoms with Crippen molar-refractivity contribution in [3.63, 3.8) is 0 Å². The molecule has 0 radical (unpaired) electrons. The predicted molar refractivity (Wildman–Crippen MR) is 82.3 cm³/mol. The Labute approximate surface area is 123 Å². The summed E-state index contributed by atoms with van der Waals surface area (Å²) in [4.78, 5) is 13.1. The third-order valence-corrected chi connectivity index (χ3v) is 2.66. The number of aromatic nitrogens is 3. The van der Waals surface area contributed by atoms with Gasteiger partial charge in [-0.25, -0.2) is 0 Å². The summed E-state index contributed by atoms with van der Waals surface area (Å²) in [7, 11) is -0.750. The lowest BCUT2D eigenvalue weighted by atomic mass is 10.1. The van der Waals surface area contributed by atoms with Crippen molar-refractivity contribution < 1.29 is 10.0 Å². The molecule has 6 heteroatoms. The summed E-state index contributed by atoms with van der Waals surface area (Å²) in [5, 5.41) is 14.2. The van der Waals surface area contributed by atoms with E-state index in [0.29, 0.717) is 0 Å². The Hall–Kier alpha value is -2.57. The van der Waals surface area contributed by atoms with Crippen LogP contribution in [0.4, 0.5) is 0 Å². The Balaban J connectivity index is 0.000000497. The van der Waals surface area contributed by atoms with E-state index in [1.807, 2.05) is 48.5 Å². The van der Waals surface area contributed by atoms with Gasteiger partial charge in [0, 0.05) is 24.2 Å². The molecule has 0 aliphatic carbocycles. The molecule has 0 saturated heterocycles. The van der Waals surface area contributed by atoms with E-state index in [9.17, 15) is 0 Å². The fourth-order valence-electron chi connectivity index (χ4n) is 1.84. The molecule has 0 fully saturated rings. The van der Waals surface area contributed by atoms with E-state index >= 15 is 0 Å². The van der Waals surface area contributed by atoms with E-state index in [1.165, 1.54) is 0 Å². The van der Waals surface area contributed by atoms with Crippen molar-refractivity contribution in [1.82, 2.24) is 15.0 Å². The van der Waals surface area contributed by atoms with Gasteiger partial charge in [0.1, 0.15) is 0 Å². The fraction of sp³-hybridized carbons (Fsp3) is 0. The molecular formula is C15H14BN3O2. The largest absolute Gasteiger partial charge is 0.432 e. The summed E-state index contributed by atoms with van der Waals surface area (Å²) < 4.78 is 0. The van der Waals surface area contributed by atoms with Crippen LogP contribution < -0.4 is 0 Å². The quantitative estimate of drug-likeness (QED) is 0.694. The zero-order valence-electron chi connectivity index (χ0n) is 11.3. The van der Waals surface area contributed by atoms with Crippen LogP contribution in [0.15, 0.2) is 67.1 Å². The van der Waals surface area contributed by atoms with Gasteiger partial charge in [-0.05, 0) is 36.4 Å². The standard InChI is InChI=1S/C15H11N3.BH3O2/c1-3-9-16-13(7-1)12-6-5-11-18-15(12)14-8-2-4-10-17-14;2-1-3/h1-11H;1-3H. The molecule has 0 aliphatic heterocycles. The summed E-state index contributed by atoms with van der Waals surface area (Å²) in [6, 6.07) is 15.6. The van der Waals surface area contributed by atoms with Crippen LogP contribution in [-0.2, 0) is 0 Å². The average molecular weight is 279 g/mol. The van der Waals surface area contributed by atoms with E-state index in [2.05, 4.69) is 15.0 Å². The number of nitrogens with zero attached hydrogens (tertiary/aromatic N) is 3. The average Bonchev–Trinajstić information content (AvgIpc) is 2.57. The van der Waals surface area contributed by atoms with E-state index < -0.39 is 7.69 Å². The first-order valence-electron chi connectivity index (χ1n) is 6.36. The van der Waals surface area contributed by atoms with Crippen LogP contribution in [-0.4, -0.2) is 32.7 Å². The number of hydrogen-bond donors (Lipinski definition) is 2. The number of pyridine rings is 3. The normalized spacial score (nSPS) is 9.43. The van der Waals surface area contributed by atoms with Crippen LogP contribution >= 0.6 is 0 Å². The summed E-state index contributed by atoms with van der Waals surface area (Å²) in [5.74, 6) is 0. The highest BCUT2D eigenvalue weighted by molar-refractivity contribution is 6.13. The van der Waals surface area contributed by atoms with E-state index in [1.54, 1.807) is 18.6 Å². The van der Waals surface area contributed by atoms with Crippen LogP contribution in [0, 0.1) is 0 Å². The lowest BCUT2D eigenvalue weighted by molar-refractivity contribution is 0.448. The monoisotopic (exact) mass is 279 g/mol. The highest BCUT2D eigenvalue weighted by atomic mass is 16.4. The van der Waals surface area contributed by atoms with Crippen molar-refractivity contribution in [3.05, 3.63) is 67.1 Å². The van der Waals surface area contributed by atoms with E-state index in [4.69, 9.17) is 10.0 Å². The minimum absolute atomic E-state index is 0.750. The smallest absolute Gasteiger partial charge is 0.430 e. The topological polar surface area (TPSA) is 79.1 Å². The molecule has 0 amide bonds. The van der Waals surface area contributed by atoms with Crippen molar-refractivity contribution in [2.45, 2.75) is 0 Å². The summed E-state index contributed by atoms with van der Waals surface area (Å²) >= 11 is 0. The zero-order chi connectivity index (χ0) is 14.9. The highest BCUT2D eigenvalue weighted by Gasteiger charge is 2.09. The molecule has 3 aromatic heterocycles. The van der Waals surface area contributed by atoms with Gasteiger partial charge in [0.25, 0.3) is 0 Å². The first-order valence-corrected chi connectivity index (χ1v) is 6.36. The van der Waals surface area contributed by atoms with Crippen LogP contribution in [0.2, 0.25) is 0 Å². The maximum atomic E-state index is 7.12. The molecule has 5 nitrogen and oxygen atoms in total. The second kappa shape index (κ2) is 7.89. The van der Waals surface area contributed by atoms with Crippen molar-refractivity contribution >= 4 is 7.69 Å². The van der Waals surface area contributed by atoms with Gasteiger partial charge in [0.2, 0.25) is 0 Å². The van der Waals surface area contributed by atoms with Gasteiger partial charge in [-0.2, -0.15) is 0 Å². The molecule has 0 saturated carbocycles. The predicted octanol–water partition coefficient (Wildman–Crippen LogP) is 1.44. The zero-order valence-corrected chi connectivity index (χ0v) is 11.3. The molecule has 0 aliphatic rings. The molecule has 0 atom stereocenters. The summed E-state index contributed by atoms with van der Waals surface area (Å²) in [6.45, 7) is 0. The van der Waals surface area contributed by atoms with Crippen molar-refractivity contribution in [1.29, 1.82) is 0 Å². The molecule has 0 spiro atoms. The van der Waals surface area contributed by atoms with Gasteiger partial charge in [0.15, 0.2) is 0 Å². The Bertz CT molecular complexity index is 608. The fourth-order valence-corrected chi connectivity index (χ4v) is 1.84. The van der Waals surface area contributed by atoms with E-state index in [0.717, 1.165) is 22.6 Å². The molecular weight excluding hydrogens is 265 g/mol. The van der Waals surface area contributed by atoms with E-state index in [-0.39, 0.29) is 0 Å². The third kappa shape index (κ3) is 3.95. The van der Waals surface area contributed by atoms with Gasteiger partial charge >= 0.3 is 7.69 Å². The molecule has 0 bridgehead atoms. The minimum Gasteiger partial charge on any atom is -0.430 e. The molecule has 21 heavy (non-hydrogen) atoms. The third-order valence-electron chi connectivity index (χ3n) is 2.66.